The van der Waals surface area contributed by atoms with Crippen molar-refractivity contribution in [3.8, 4) is 0 Å². The van der Waals surface area contributed by atoms with E-state index in [2.05, 4.69) is 21.8 Å². The number of pyridine rings is 1. The van der Waals surface area contributed by atoms with E-state index in [9.17, 15) is 4.39 Å². The number of ether oxygens (including phenoxy) is 1. The van der Waals surface area contributed by atoms with Crippen molar-refractivity contribution < 1.29 is 9.13 Å². The van der Waals surface area contributed by atoms with Crippen LogP contribution in [-0.2, 0) is 10.3 Å². The van der Waals surface area contributed by atoms with Crippen molar-refractivity contribution in [3.05, 3.63) is 29.8 Å². The first-order valence-electron chi connectivity index (χ1n) is 7.47. The van der Waals surface area contributed by atoms with Crippen LogP contribution in [0.3, 0.4) is 0 Å². The fourth-order valence-electron chi connectivity index (χ4n) is 3.22. The maximum Gasteiger partial charge on any atom is 0.192 e. The van der Waals surface area contributed by atoms with E-state index in [1.54, 1.807) is 6.07 Å². The first-order valence-corrected chi connectivity index (χ1v) is 7.47. The molecule has 2 N–H and O–H groups in total. The monoisotopic (exact) mass is 292 g/mol. The molecule has 0 saturated carbocycles. The number of nitrogens with two attached hydrogens (primary N) is 1. The largest absolute Gasteiger partial charge is 0.376 e. The van der Waals surface area contributed by atoms with Gasteiger partial charge in [-0.2, -0.15) is 0 Å². The minimum absolute atomic E-state index is 0.184. The van der Waals surface area contributed by atoms with Crippen molar-refractivity contribution in [1.29, 1.82) is 0 Å². The van der Waals surface area contributed by atoms with Crippen LogP contribution in [0.5, 0.6) is 0 Å². The summed E-state index contributed by atoms with van der Waals surface area (Å²) in [5.41, 5.74) is 6.52. The second kappa shape index (κ2) is 5.60. The third-order valence-electron chi connectivity index (χ3n) is 4.50. The summed E-state index contributed by atoms with van der Waals surface area (Å²) in [7, 11) is 0. The van der Waals surface area contributed by atoms with Gasteiger partial charge in [-0.3, -0.25) is 9.98 Å². The Morgan fingerprint density at radius 2 is 2.38 bits per heavy atom. The predicted octanol–water partition coefficient (Wildman–Crippen LogP) is 1.64. The van der Waals surface area contributed by atoms with Gasteiger partial charge in [-0.25, -0.2) is 4.39 Å². The first kappa shape index (κ1) is 14.3. The Balaban J connectivity index is 1.89. The number of nitrogens with zero attached hydrogens (tertiary/aromatic N) is 3. The lowest BCUT2D eigenvalue weighted by Gasteiger charge is -2.39. The SMILES string of the molecule is CCC1(c2ccc(F)cn2)CN=C(N)N1CC1CCCO1. The highest BCUT2D eigenvalue weighted by atomic mass is 19.1. The fraction of sp³-hybridized carbons (Fsp3) is 0.600. The molecule has 2 atom stereocenters. The average molecular weight is 292 g/mol. The highest BCUT2D eigenvalue weighted by Crippen LogP contribution is 2.36. The second-order valence-electron chi connectivity index (χ2n) is 5.67. The van der Waals surface area contributed by atoms with E-state index in [-0.39, 0.29) is 17.5 Å². The number of rotatable bonds is 4. The Morgan fingerprint density at radius 3 is 3.00 bits per heavy atom. The molecule has 0 spiro atoms. The zero-order valence-corrected chi connectivity index (χ0v) is 12.3. The van der Waals surface area contributed by atoms with Gasteiger partial charge in [0.2, 0.25) is 0 Å². The van der Waals surface area contributed by atoms with Gasteiger partial charge in [0, 0.05) is 13.2 Å². The third-order valence-corrected chi connectivity index (χ3v) is 4.50. The van der Waals surface area contributed by atoms with Gasteiger partial charge in [-0.1, -0.05) is 6.92 Å². The molecule has 2 unspecified atom stereocenters. The van der Waals surface area contributed by atoms with E-state index in [4.69, 9.17) is 10.5 Å². The number of aromatic nitrogens is 1. The summed E-state index contributed by atoms with van der Waals surface area (Å²) in [5.74, 6) is 0.195. The first-order chi connectivity index (χ1) is 10.2. The lowest BCUT2D eigenvalue weighted by atomic mass is 9.90. The molecule has 2 aliphatic rings. The summed E-state index contributed by atoms with van der Waals surface area (Å²) in [6, 6.07) is 3.17. The molecule has 21 heavy (non-hydrogen) atoms. The maximum atomic E-state index is 13.2. The second-order valence-corrected chi connectivity index (χ2v) is 5.67. The molecule has 1 aromatic rings. The highest BCUT2D eigenvalue weighted by Gasteiger charge is 2.44. The zero-order valence-electron chi connectivity index (χ0n) is 12.3. The van der Waals surface area contributed by atoms with Crippen LogP contribution in [0.25, 0.3) is 0 Å². The summed E-state index contributed by atoms with van der Waals surface area (Å²) in [6.45, 7) is 4.16. The van der Waals surface area contributed by atoms with Crippen LogP contribution in [0.15, 0.2) is 23.3 Å². The number of aliphatic imine (C=N–C) groups is 1. The minimum Gasteiger partial charge on any atom is -0.376 e. The lowest BCUT2D eigenvalue weighted by Crippen LogP contribution is -2.52. The number of guanidine groups is 1. The van der Waals surface area contributed by atoms with Gasteiger partial charge in [-0.05, 0) is 31.4 Å². The summed E-state index contributed by atoms with van der Waals surface area (Å²) in [6.07, 6.45) is 4.38. The molecule has 5 nitrogen and oxygen atoms in total. The van der Waals surface area contributed by atoms with Crippen LogP contribution in [0, 0.1) is 5.82 Å². The van der Waals surface area contributed by atoms with Crippen LogP contribution in [-0.4, -0.2) is 41.6 Å². The molecule has 3 heterocycles. The van der Waals surface area contributed by atoms with Crippen molar-refractivity contribution in [2.45, 2.75) is 37.8 Å². The van der Waals surface area contributed by atoms with E-state index in [1.165, 1.54) is 12.3 Å². The van der Waals surface area contributed by atoms with Crippen LogP contribution >= 0.6 is 0 Å². The van der Waals surface area contributed by atoms with Gasteiger partial charge in [0.15, 0.2) is 5.96 Å². The van der Waals surface area contributed by atoms with Crippen molar-refractivity contribution in [2.75, 3.05) is 19.7 Å². The average Bonchev–Trinajstić information content (AvgIpc) is 3.11. The predicted molar refractivity (Wildman–Crippen MR) is 78.3 cm³/mol. The Labute approximate surface area is 124 Å². The van der Waals surface area contributed by atoms with Gasteiger partial charge >= 0.3 is 0 Å². The number of hydrogen-bond acceptors (Lipinski definition) is 5. The Bertz CT molecular complexity index is 527. The van der Waals surface area contributed by atoms with Crippen LogP contribution < -0.4 is 5.73 Å². The molecule has 1 fully saturated rings. The molecule has 2 aliphatic heterocycles. The van der Waals surface area contributed by atoms with E-state index < -0.39 is 0 Å². The molecule has 1 saturated heterocycles. The van der Waals surface area contributed by atoms with E-state index in [0.717, 1.165) is 31.6 Å². The summed E-state index contributed by atoms with van der Waals surface area (Å²) < 4.78 is 18.9. The molecule has 6 heteroatoms. The Kier molecular flexibility index (Phi) is 3.80. The van der Waals surface area contributed by atoms with E-state index in [0.29, 0.717) is 19.0 Å². The van der Waals surface area contributed by atoms with Crippen molar-refractivity contribution in [3.63, 3.8) is 0 Å². The summed E-state index contributed by atoms with van der Waals surface area (Å²) in [5, 5.41) is 0. The van der Waals surface area contributed by atoms with Crippen LogP contribution in [0.2, 0.25) is 0 Å². The van der Waals surface area contributed by atoms with Crippen LogP contribution in [0.1, 0.15) is 31.9 Å². The molecular weight excluding hydrogens is 271 g/mol. The number of hydrogen-bond donors (Lipinski definition) is 1. The van der Waals surface area contributed by atoms with E-state index >= 15 is 0 Å². The number of halogens is 1. The Morgan fingerprint density at radius 1 is 1.52 bits per heavy atom. The van der Waals surface area contributed by atoms with Gasteiger partial charge in [0.1, 0.15) is 11.4 Å². The van der Waals surface area contributed by atoms with Crippen molar-refractivity contribution >= 4 is 5.96 Å². The summed E-state index contributed by atoms with van der Waals surface area (Å²) in [4.78, 5) is 10.8. The molecule has 3 rings (SSSR count). The van der Waals surface area contributed by atoms with Crippen molar-refractivity contribution in [2.24, 2.45) is 10.7 Å². The quantitative estimate of drug-likeness (QED) is 0.916. The smallest absolute Gasteiger partial charge is 0.192 e. The highest BCUT2D eigenvalue weighted by molar-refractivity contribution is 5.81. The lowest BCUT2D eigenvalue weighted by molar-refractivity contribution is 0.0620. The third kappa shape index (κ3) is 2.48. The standard InChI is InChI=1S/C15H21FN4O/c1-2-15(13-6-5-11(16)8-18-13)10-19-14(17)20(15)9-12-4-3-7-21-12/h5-6,8,12H,2-4,7,9-10H2,1H3,(H2,17,19). The normalized spacial score (nSPS) is 29.0. The van der Waals surface area contributed by atoms with Crippen molar-refractivity contribution in [1.82, 2.24) is 9.88 Å². The molecule has 0 bridgehead atoms. The molecule has 0 radical (unpaired) electrons. The van der Waals surface area contributed by atoms with Crippen LogP contribution in [0.4, 0.5) is 4.39 Å². The zero-order chi connectivity index (χ0) is 14.9. The molecule has 114 valence electrons. The maximum absolute atomic E-state index is 13.2. The van der Waals surface area contributed by atoms with E-state index in [1.807, 2.05) is 0 Å². The molecule has 1 aromatic heterocycles. The Hall–Kier alpha value is -1.69. The van der Waals surface area contributed by atoms with Gasteiger partial charge in [0.25, 0.3) is 0 Å². The fourth-order valence-corrected chi connectivity index (χ4v) is 3.22. The summed E-state index contributed by atoms with van der Waals surface area (Å²) >= 11 is 0. The molecule has 0 aliphatic carbocycles. The topological polar surface area (TPSA) is 63.7 Å². The molecule has 0 amide bonds. The molecule has 0 aromatic carbocycles. The molecular formula is C15H21FN4O. The minimum atomic E-state index is -0.385. The van der Waals surface area contributed by atoms with Gasteiger partial charge in [-0.15, -0.1) is 0 Å². The van der Waals surface area contributed by atoms with Gasteiger partial charge in [0.05, 0.1) is 24.5 Å². The van der Waals surface area contributed by atoms with Gasteiger partial charge < -0.3 is 15.4 Å².